The number of methoxy groups -OCH3 is 1. The maximum absolute atomic E-state index is 13.8. The highest BCUT2D eigenvalue weighted by atomic mass is 32.2. The van der Waals surface area contributed by atoms with Crippen molar-refractivity contribution in [1.29, 1.82) is 0 Å². The van der Waals surface area contributed by atoms with Crippen molar-refractivity contribution < 1.29 is 17.9 Å². The number of nitrogens with two attached hydrogens (primary N) is 1. The Kier molecular flexibility index (Phi) is 8.57. The van der Waals surface area contributed by atoms with Crippen LogP contribution in [0.25, 0.3) is 11.0 Å². The smallest absolute Gasteiger partial charge is 0.243 e. The maximum atomic E-state index is 13.8. The molecule has 2 saturated heterocycles. The van der Waals surface area contributed by atoms with Crippen LogP contribution in [0.2, 0.25) is 0 Å². The van der Waals surface area contributed by atoms with Gasteiger partial charge >= 0.3 is 0 Å². The molecule has 0 spiro atoms. The number of imidazole rings is 1. The van der Waals surface area contributed by atoms with Crippen LogP contribution in [0.15, 0.2) is 53.4 Å². The lowest BCUT2D eigenvalue weighted by Gasteiger charge is -2.35. The standard InChI is InChI=1S/C31H43N5O4S/c1-31(2,3)23-12-14-24(15-13-23)41(38,39)35-20-25(26(32)21-35)30(37)34-16-7-9-22(19-34)29-33-27-10-5-6-11-28(27)36(29)17-8-18-40-4/h5-6,10-15,22,25-26H,7-9,16-21,32H2,1-4H3/t22-,25-,26-/m1/s1. The fourth-order valence-corrected chi connectivity index (χ4v) is 7.66. The van der Waals surface area contributed by atoms with E-state index in [4.69, 9.17) is 15.5 Å². The second kappa shape index (κ2) is 11.8. The molecule has 2 N–H and O–H groups in total. The molecule has 1 aromatic heterocycles. The summed E-state index contributed by atoms with van der Waals surface area (Å²) in [5.74, 6) is 0.461. The summed E-state index contributed by atoms with van der Waals surface area (Å²) in [5, 5.41) is 0. The zero-order valence-corrected chi connectivity index (χ0v) is 25.4. The van der Waals surface area contributed by atoms with Crippen molar-refractivity contribution in [3.05, 3.63) is 59.9 Å². The van der Waals surface area contributed by atoms with E-state index in [0.717, 1.165) is 48.2 Å². The van der Waals surface area contributed by atoms with Gasteiger partial charge in [0.2, 0.25) is 15.9 Å². The molecule has 2 aliphatic rings. The molecule has 0 unspecified atom stereocenters. The lowest BCUT2D eigenvalue weighted by molar-refractivity contribution is -0.136. The summed E-state index contributed by atoms with van der Waals surface area (Å²) < 4.78 is 35.9. The summed E-state index contributed by atoms with van der Waals surface area (Å²) in [6.45, 7) is 9.16. The van der Waals surface area contributed by atoms with Gasteiger partial charge < -0.3 is 19.9 Å². The highest BCUT2D eigenvalue weighted by molar-refractivity contribution is 7.89. The Balaban J connectivity index is 1.31. The van der Waals surface area contributed by atoms with Crippen LogP contribution >= 0.6 is 0 Å². The SMILES string of the molecule is COCCCn1c([C@@H]2CCCN(C(=O)[C@@H]3CN(S(=O)(=O)c4ccc(C(C)(C)C)cc4)C[C@H]3N)C2)nc2ccccc21. The van der Waals surface area contributed by atoms with Gasteiger partial charge in [-0.25, -0.2) is 13.4 Å². The van der Waals surface area contributed by atoms with Gasteiger partial charge in [0, 0.05) is 58.4 Å². The molecule has 3 heterocycles. The van der Waals surface area contributed by atoms with Crippen LogP contribution in [0.5, 0.6) is 0 Å². The van der Waals surface area contributed by atoms with Crippen LogP contribution in [-0.4, -0.2) is 79.0 Å². The summed E-state index contributed by atoms with van der Waals surface area (Å²) in [5.41, 5.74) is 9.48. The minimum atomic E-state index is -3.76. The molecule has 41 heavy (non-hydrogen) atoms. The highest BCUT2D eigenvalue weighted by Gasteiger charge is 2.43. The number of amides is 1. The number of rotatable bonds is 8. The van der Waals surface area contributed by atoms with Crippen LogP contribution in [0, 0.1) is 5.92 Å². The van der Waals surface area contributed by atoms with E-state index in [2.05, 4.69) is 31.4 Å². The molecule has 0 aliphatic carbocycles. The first kappa shape index (κ1) is 29.7. The first-order valence-corrected chi connectivity index (χ1v) is 16.0. The Bertz CT molecular complexity index is 1480. The molecule has 9 nitrogen and oxygen atoms in total. The normalized spacial score (nSPS) is 22.5. The van der Waals surface area contributed by atoms with Gasteiger partial charge in [0.25, 0.3) is 0 Å². The van der Waals surface area contributed by atoms with E-state index in [-0.39, 0.29) is 35.2 Å². The number of carbonyl (C=O) groups excluding carboxylic acids is 1. The second-order valence-corrected chi connectivity index (χ2v) is 14.4. The van der Waals surface area contributed by atoms with Crippen LogP contribution in [0.4, 0.5) is 0 Å². The average Bonchev–Trinajstić information content (AvgIpc) is 3.54. The molecule has 2 aliphatic heterocycles. The minimum absolute atomic E-state index is 0.0648. The number of likely N-dealkylation sites (tertiary alicyclic amines) is 1. The molecule has 0 saturated carbocycles. The molecule has 2 fully saturated rings. The molecule has 10 heteroatoms. The molecule has 0 bridgehead atoms. The van der Waals surface area contributed by atoms with Crippen LogP contribution in [-0.2, 0) is 31.5 Å². The van der Waals surface area contributed by atoms with Crippen molar-refractivity contribution >= 4 is 27.0 Å². The summed E-state index contributed by atoms with van der Waals surface area (Å²) in [7, 11) is -2.05. The van der Waals surface area contributed by atoms with Gasteiger partial charge in [0.15, 0.2) is 0 Å². The van der Waals surface area contributed by atoms with Gasteiger partial charge in [-0.05, 0) is 54.5 Å². The van der Waals surface area contributed by atoms with Gasteiger partial charge in [-0.3, -0.25) is 4.79 Å². The molecule has 3 aromatic rings. The van der Waals surface area contributed by atoms with E-state index < -0.39 is 22.0 Å². The molecule has 3 atom stereocenters. The Morgan fingerprint density at radius 2 is 1.80 bits per heavy atom. The van der Waals surface area contributed by atoms with Crippen LogP contribution in [0.3, 0.4) is 0 Å². The number of carbonyl (C=O) groups is 1. The third-order valence-electron chi connectivity index (χ3n) is 8.52. The van der Waals surface area contributed by atoms with Crippen molar-refractivity contribution in [2.24, 2.45) is 11.7 Å². The van der Waals surface area contributed by atoms with Crippen molar-refractivity contribution in [2.45, 2.75) is 68.8 Å². The zero-order chi connectivity index (χ0) is 29.4. The number of hydrogen-bond acceptors (Lipinski definition) is 6. The van der Waals surface area contributed by atoms with Gasteiger partial charge in [0.1, 0.15) is 5.82 Å². The van der Waals surface area contributed by atoms with E-state index in [1.165, 1.54) is 4.31 Å². The summed E-state index contributed by atoms with van der Waals surface area (Å²) in [6.07, 6.45) is 2.68. The Hall–Kier alpha value is -2.79. The van der Waals surface area contributed by atoms with E-state index in [1.54, 1.807) is 19.2 Å². The van der Waals surface area contributed by atoms with Gasteiger partial charge in [-0.15, -0.1) is 0 Å². The Morgan fingerprint density at radius 3 is 2.51 bits per heavy atom. The molecule has 1 amide bonds. The summed E-state index contributed by atoms with van der Waals surface area (Å²) in [6, 6.07) is 14.6. The minimum Gasteiger partial charge on any atom is -0.385 e. The maximum Gasteiger partial charge on any atom is 0.243 e. The van der Waals surface area contributed by atoms with Crippen LogP contribution in [0.1, 0.15) is 57.3 Å². The number of ether oxygens (including phenoxy) is 1. The Labute approximate surface area is 243 Å². The highest BCUT2D eigenvalue weighted by Crippen LogP contribution is 2.32. The van der Waals surface area contributed by atoms with Gasteiger partial charge in [0.05, 0.1) is 21.8 Å². The number of benzene rings is 2. The first-order chi connectivity index (χ1) is 19.5. The lowest BCUT2D eigenvalue weighted by atomic mass is 9.87. The fraction of sp³-hybridized carbons (Fsp3) is 0.548. The number of sulfonamides is 1. The molecule has 2 aromatic carbocycles. The average molecular weight is 582 g/mol. The van der Waals surface area contributed by atoms with Crippen molar-refractivity contribution in [3.8, 4) is 0 Å². The third-order valence-corrected chi connectivity index (χ3v) is 10.4. The van der Waals surface area contributed by atoms with E-state index in [1.807, 2.05) is 35.2 Å². The zero-order valence-electron chi connectivity index (χ0n) is 24.6. The van der Waals surface area contributed by atoms with Crippen molar-refractivity contribution in [2.75, 3.05) is 39.9 Å². The lowest BCUT2D eigenvalue weighted by Crippen LogP contribution is -2.47. The fourth-order valence-electron chi connectivity index (χ4n) is 6.16. The molecule has 222 valence electrons. The van der Waals surface area contributed by atoms with E-state index in [0.29, 0.717) is 19.7 Å². The monoisotopic (exact) mass is 581 g/mol. The number of fused-ring (bicyclic) bond motifs is 1. The number of para-hydroxylation sites is 2. The predicted octanol–water partition coefficient (Wildman–Crippen LogP) is 3.72. The Morgan fingerprint density at radius 1 is 1.07 bits per heavy atom. The number of aryl methyl sites for hydroxylation is 1. The first-order valence-electron chi connectivity index (χ1n) is 14.6. The number of aromatic nitrogens is 2. The van der Waals surface area contributed by atoms with Crippen LogP contribution < -0.4 is 5.73 Å². The molecular weight excluding hydrogens is 538 g/mol. The topological polar surface area (TPSA) is 111 Å². The van der Waals surface area contributed by atoms with E-state index in [9.17, 15) is 13.2 Å². The molecule has 0 radical (unpaired) electrons. The second-order valence-electron chi connectivity index (χ2n) is 12.4. The van der Waals surface area contributed by atoms with Crippen molar-refractivity contribution in [1.82, 2.24) is 18.8 Å². The third kappa shape index (κ3) is 6.07. The van der Waals surface area contributed by atoms with E-state index >= 15 is 0 Å². The number of nitrogens with zero attached hydrogens (tertiary/aromatic N) is 4. The predicted molar refractivity (Wildman–Crippen MR) is 160 cm³/mol. The summed E-state index contributed by atoms with van der Waals surface area (Å²) >= 11 is 0. The number of hydrogen-bond donors (Lipinski definition) is 1. The molecular formula is C31H43N5O4S. The molecule has 5 rings (SSSR count). The summed E-state index contributed by atoms with van der Waals surface area (Å²) in [4.78, 5) is 20.9. The van der Waals surface area contributed by atoms with Gasteiger partial charge in [-0.2, -0.15) is 4.31 Å². The number of piperidine rings is 1. The largest absolute Gasteiger partial charge is 0.385 e. The quantitative estimate of drug-likeness (QED) is 0.406. The van der Waals surface area contributed by atoms with Crippen molar-refractivity contribution in [3.63, 3.8) is 0 Å². The van der Waals surface area contributed by atoms with Gasteiger partial charge in [-0.1, -0.05) is 45.0 Å².